The number of hydrogen-bond donors (Lipinski definition) is 1. The normalized spacial score (nSPS) is 22.1. The molecule has 2 aromatic heterocycles. The predicted molar refractivity (Wildman–Crippen MR) is 103 cm³/mol. The number of furan rings is 1. The summed E-state index contributed by atoms with van der Waals surface area (Å²) in [5.41, 5.74) is 0. The number of aromatic nitrogens is 2. The van der Waals surface area contributed by atoms with E-state index in [4.69, 9.17) is 9.15 Å². The summed E-state index contributed by atoms with van der Waals surface area (Å²) in [5, 5.41) is 2.77. The topological polar surface area (TPSA) is 113 Å². The number of nitrogens with zero attached hydrogens (tertiary/aromatic N) is 5. The molecule has 1 N–H and O–H groups in total. The lowest BCUT2D eigenvalue weighted by Gasteiger charge is -2.38. The highest BCUT2D eigenvalue weighted by molar-refractivity contribution is 6.08. The van der Waals surface area contributed by atoms with Crippen LogP contribution in [0.2, 0.25) is 0 Å². The minimum Gasteiger partial charge on any atom is -0.467 e. The average molecular weight is 398 g/mol. The summed E-state index contributed by atoms with van der Waals surface area (Å²) in [7, 11) is 0. The molecule has 152 valence electrons. The quantitative estimate of drug-likeness (QED) is 0.588. The molecule has 0 unspecified atom stereocenters. The molecule has 2 aliphatic rings. The Morgan fingerprint density at radius 1 is 1.21 bits per heavy atom. The Hall–Kier alpha value is -3.43. The van der Waals surface area contributed by atoms with Crippen molar-refractivity contribution < 1.29 is 18.7 Å². The van der Waals surface area contributed by atoms with Crippen LogP contribution in [0.1, 0.15) is 18.7 Å². The van der Waals surface area contributed by atoms with Crippen molar-refractivity contribution in [2.24, 2.45) is 10.9 Å². The fourth-order valence-corrected chi connectivity index (χ4v) is 3.46. The summed E-state index contributed by atoms with van der Waals surface area (Å²) in [6, 6.07) is 4.43. The molecule has 1 amide bonds. The van der Waals surface area contributed by atoms with E-state index in [1.54, 1.807) is 37.5 Å². The fourth-order valence-electron chi connectivity index (χ4n) is 3.46. The molecule has 0 bridgehead atoms. The first kappa shape index (κ1) is 18.9. The minimum absolute atomic E-state index is 0.188. The van der Waals surface area contributed by atoms with Gasteiger partial charge in [0.15, 0.2) is 5.92 Å². The maximum Gasteiger partial charge on any atom is 0.321 e. The van der Waals surface area contributed by atoms with Crippen LogP contribution in [0.15, 0.2) is 46.3 Å². The highest BCUT2D eigenvalue weighted by atomic mass is 16.5. The summed E-state index contributed by atoms with van der Waals surface area (Å²) < 4.78 is 10.5. The minimum atomic E-state index is -1.08. The number of carbonyl (C=O) groups excluding carboxylic acids is 2. The van der Waals surface area contributed by atoms with Gasteiger partial charge in [0.1, 0.15) is 11.8 Å². The number of hydrogen-bond acceptors (Lipinski definition) is 9. The number of guanidine groups is 1. The van der Waals surface area contributed by atoms with Gasteiger partial charge in [0.2, 0.25) is 17.8 Å². The highest BCUT2D eigenvalue weighted by Crippen LogP contribution is 2.31. The third-order valence-corrected chi connectivity index (χ3v) is 4.88. The summed E-state index contributed by atoms with van der Waals surface area (Å²) in [4.78, 5) is 42.4. The Bertz CT molecular complexity index is 877. The van der Waals surface area contributed by atoms with Crippen LogP contribution in [-0.2, 0) is 14.3 Å². The van der Waals surface area contributed by atoms with E-state index in [9.17, 15) is 9.59 Å². The highest BCUT2D eigenvalue weighted by Gasteiger charge is 2.43. The van der Waals surface area contributed by atoms with Crippen LogP contribution in [0.4, 0.5) is 5.95 Å². The zero-order chi connectivity index (χ0) is 20.2. The number of ether oxygens (including phenoxy) is 1. The summed E-state index contributed by atoms with van der Waals surface area (Å²) in [6.07, 6.45) is 4.92. The number of rotatable bonds is 4. The average Bonchev–Trinajstić information content (AvgIpc) is 3.29. The summed E-state index contributed by atoms with van der Waals surface area (Å²) in [6.45, 7) is 4.52. The molecular weight excluding hydrogens is 376 g/mol. The second-order valence-corrected chi connectivity index (χ2v) is 6.65. The van der Waals surface area contributed by atoms with Crippen molar-refractivity contribution in [3.8, 4) is 0 Å². The van der Waals surface area contributed by atoms with Crippen molar-refractivity contribution in [2.45, 2.75) is 13.0 Å². The number of aliphatic imine (C=N–C) groups is 1. The largest absolute Gasteiger partial charge is 0.467 e. The number of esters is 1. The first-order valence-electron chi connectivity index (χ1n) is 9.53. The van der Waals surface area contributed by atoms with Crippen LogP contribution in [-0.4, -0.2) is 65.5 Å². The van der Waals surface area contributed by atoms with Gasteiger partial charge in [-0.2, -0.15) is 0 Å². The molecule has 1 fully saturated rings. The van der Waals surface area contributed by atoms with Gasteiger partial charge in [-0.25, -0.2) is 15.0 Å². The van der Waals surface area contributed by atoms with Gasteiger partial charge in [-0.15, -0.1) is 0 Å². The molecule has 0 aliphatic carbocycles. The number of amides is 1. The molecule has 4 rings (SSSR count). The zero-order valence-corrected chi connectivity index (χ0v) is 16.0. The zero-order valence-electron chi connectivity index (χ0n) is 16.0. The van der Waals surface area contributed by atoms with E-state index < -0.39 is 23.8 Å². The maximum absolute atomic E-state index is 12.8. The van der Waals surface area contributed by atoms with Gasteiger partial charge in [0.05, 0.1) is 12.9 Å². The Kier molecular flexibility index (Phi) is 5.41. The second kappa shape index (κ2) is 8.29. The first-order chi connectivity index (χ1) is 14.2. The molecule has 2 atom stereocenters. The Balaban J connectivity index is 1.53. The predicted octanol–water partition coefficient (Wildman–Crippen LogP) is 0.598. The molecule has 4 heterocycles. The van der Waals surface area contributed by atoms with Crippen LogP contribution < -0.4 is 10.2 Å². The van der Waals surface area contributed by atoms with Crippen molar-refractivity contribution in [3.05, 3.63) is 42.6 Å². The van der Waals surface area contributed by atoms with Crippen LogP contribution in [0.5, 0.6) is 0 Å². The van der Waals surface area contributed by atoms with Gasteiger partial charge in [-0.3, -0.25) is 14.9 Å². The van der Waals surface area contributed by atoms with E-state index in [0.29, 0.717) is 43.8 Å². The number of piperazine rings is 1. The van der Waals surface area contributed by atoms with Crippen LogP contribution in [0, 0.1) is 5.92 Å². The van der Waals surface area contributed by atoms with Gasteiger partial charge >= 0.3 is 5.97 Å². The number of nitrogens with one attached hydrogen (secondary N) is 1. The summed E-state index contributed by atoms with van der Waals surface area (Å²) in [5.74, 6) is -0.567. The van der Waals surface area contributed by atoms with E-state index in [2.05, 4.69) is 25.2 Å². The fraction of sp³-hybridized carbons (Fsp3) is 0.421. The Morgan fingerprint density at radius 3 is 2.59 bits per heavy atom. The van der Waals surface area contributed by atoms with Crippen molar-refractivity contribution in [3.63, 3.8) is 0 Å². The molecule has 0 radical (unpaired) electrons. The lowest BCUT2D eigenvalue weighted by Crippen LogP contribution is -2.57. The van der Waals surface area contributed by atoms with Crippen molar-refractivity contribution in [1.29, 1.82) is 0 Å². The molecule has 10 heteroatoms. The monoisotopic (exact) mass is 398 g/mol. The van der Waals surface area contributed by atoms with E-state index in [-0.39, 0.29) is 6.61 Å². The lowest BCUT2D eigenvalue weighted by atomic mass is 9.95. The smallest absolute Gasteiger partial charge is 0.321 e. The van der Waals surface area contributed by atoms with E-state index in [1.165, 1.54) is 6.26 Å². The van der Waals surface area contributed by atoms with Crippen LogP contribution in [0.25, 0.3) is 0 Å². The third-order valence-electron chi connectivity index (χ3n) is 4.88. The van der Waals surface area contributed by atoms with Gasteiger partial charge in [0.25, 0.3) is 0 Å². The van der Waals surface area contributed by atoms with Gasteiger partial charge in [0, 0.05) is 38.6 Å². The number of anilines is 1. The molecule has 0 spiro atoms. The van der Waals surface area contributed by atoms with Crippen LogP contribution in [0.3, 0.4) is 0 Å². The SMILES string of the molecule is CCOC(=O)[C@@H]1C(=O)NC(N2CCN(c3ncccn3)CC2)=N[C@@H]1c1ccco1. The maximum atomic E-state index is 12.8. The van der Waals surface area contributed by atoms with Gasteiger partial charge in [-0.1, -0.05) is 0 Å². The first-order valence-corrected chi connectivity index (χ1v) is 9.53. The molecule has 1 saturated heterocycles. The molecule has 2 aliphatic heterocycles. The van der Waals surface area contributed by atoms with Crippen molar-refractivity contribution in [1.82, 2.24) is 20.2 Å². The van der Waals surface area contributed by atoms with E-state index in [0.717, 1.165) is 0 Å². The molecule has 2 aromatic rings. The second-order valence-electron chi connectivity index (χ2n) is 6.65. The Morgan fingerprint density at radius 2 is 1.93 bits per heavy atom. The Labute approximate surface area is 167 Å². The molecule has 29 heavy (non-hydrogen) atoms. The van der Waals surface area contributed by atoms with Crippen molar-refractivity contribution in [2.75, 3.05) is 37.7 Å². The third kappa shape index (κ3) is 3.91. The summed E-state index contributed by atoms with van der Waals surface area (Å²) >= 11 is 0. The standard InChI is InChI=1S/C19H22N6O4/c1-2-28-17(27)14-15(13-5-3-12-29-13)22-19(23-16(14)26)25-10-8-24(9-11-25)18-20-6-4-7-21-18/h3-7,12,14-15H,2,8-11H2,1H3,(H,22,23,26)/t14-,15+/m0/s1. The lowest BCUT2D eigenvalue weighted by molar-refractivity contribution is -0.153. The molecule has 0 aromatic carbocycles. The van der Waals surface area contributed by atoms with Crippen LogP contribution >= 0.6 is 0 Å². The van der Waals surface area contributed by atoms with E-state index in [1.807, 2.05) is 4.90 Å². The molecular formula is C19H22N6O4. The molecule has 0 saturated carbocycles. The van der Waals surface area contributed by atoms with Gasteiger partial charge in [-0.05, 0) is 25.1 Å². The van der Waals surface area contributed by atoms with Crippen molar-refractivity contribution >= 4 is 23.8 Å². The van der Waals surface area contributed by atoms with Gasteiger partial charge < -0.3 is 19.0 Å². The molecule has 10 nitrogen and oxygen atoms in total. The van der Waals surface area contributed by atoms with E-state index >= 15 is 0 Å². The number of carbonyl (C=O) groups is 2.